The molecule has 38 heavy (non-hydrogen) atoms. The number of benzene rings is 2. The van der Waals surface area contributed by atoms with Crippen molar-refractivity contribution in [3.63, 3.8) is 0 Å². The lowest BCUT2D eigenvalue weighted by atomic mass is 10.0. The number of aliphatic imine (C=N–C) groups is 1. The summed E-state index contributed by atoms with van der Waals surface area (Å²) in [6.07, 6.45) is 7.07. The molecule has 1 amide bonds. The maximum atomic E-state index is 12.7. The molecule has 2 saturated heterocycles. The highest BCUT2D eigenvalue weighted by atomic mass is 35.5. The van der Waals surface area contributed by atoms with Gasteiger partial charge in [-0.05, 0) is 73.5 Å². The number of likely N-dealkylation sites (N-methyl/N-ethyl adjacent to an activating group) is 1. The van der Waals surface area contributed by atoms with E-state index in [1.165, 1.54) is 18.2 Å². The Labute approximate surface area is 232 Å². The number of halogens is 1. The minimum atomic E-state index is -0.164. The number of piperidine rings is 1. The van der Waals surface area contributed by atoms with Crippen molar-refractivity contribution < 1.29 is 4.79 Å². The summed E-state index contributed by atoms with van der Waals surface area (Å²) < 4.78 is 0. The second-order valence-corrected chi connectivity index (χ2v) is 11.4. The standard InChI is InChI=1S/C29H31ClN6OS/c1-2-34-12-14-35(15-13-34)25-9-7-21(18-23(25)30)27-22-16-20(6-8-24(22)31-19-32-27)17-26-28(37)33-29(38-26)36-10-4-3-5-11-36/h6-9,16-19H,2-5,10-15H2,1H3. The normalized spacial score (nSPS) is 20.0. The highest BCUT2D eigenvalue weighted by molar-refractivity contribution is 8.18. The largest absolute Gasteiger partial charge is 0.368 e. The SMILES string of the molecule is CCN1CCN(c2ccc(-c3ncnc4ccc(C=C5SC(N6CCCCC6)=NC5=O)cc34)cc2Cl)CC1. The minimum Gasteiger partial charge on any atom is -0.368 e. The molecule has 0 saturated carbocycles. The molecule has 3 aromatic rings. The van der Waals surface area contributed by atoms with Crippen molar-refractivity contribution >= 4 is 57.1 Å². The Balaban J connectivity index is 1.27. The molecule has 1 aromatic heterocycles. The first-order valence-corrected chi connectivity index (χ1v) is 14.6. The number of carbonyl (C=O) groups excluding carboxylic acids is 1. The van der Waals surface area contributed by atoms with E-state index in [4.69, 9.17) is 11.6 Å². The van der Waals surface area contributed by atoms with Crippen molar-refractivity contribution in [1.29, 1.82) is 0 Å². The summed E-state index contributed by atoms with van der Waals surface area (Å²) in [6, 6.07) is 12.2. The molecule has 0 N–H and O–H groups in total. The van der Waals surface area contributed by atoms with E-state index in [0.717, 1.165) is 102 Å². The van der Waals surface area contributed by atoms with Crippen LogP contribution in [0.1, 0.15) is 31.7 Å². The molecule has 0 radical (unpaired) electrons. The highest BCUT2D eigenvalue weighted by Crippen LogP contribution is 2.35. The number of aromatic nitrogens is 2. The summed E-state index contributed by atoms with van der Waals surface area (Å²) in [5.74, 6) is -0.164. The number of anilines is 1. The molecular weight excluding hydrogens is 516 g/mol. The summed E-state index contributed by atoms with van der Waals surface area (Å²) in [4.78, 5) is 33.8. The first kappa shape index (κ1) is 25.3. The van der Waals surface area contributed by atoms with Gasteiger partial charge in [0.1, 0.15) is 6.33 Å². The summed E-state index contributed by atoms with van der Waals surface area (Å²) in [5, 5.41) is 2.49. The molecule has 2 fully saturated rings. The Morgan fingerprint density at radius 3 is 2.53 bits per heavy atom. The molecule has 2 aromatic carbocycles. The second kappa shape index (κ2) is 11.0. The fourth-order valence-corrected chi connectivity index (χ4v) is 6.64. The molecule has 196 valence electrons. The molecule has 0 bridgehead atoms. The van der Waals surface area contributed by atoms with E-state index in [-0.39, 0.29) is 5.91 Å². The number of hydrogen-bond acceptors (Lipinski definition) is 7. The van der Waals surface area contributed by atoms with Gasteiger partial charge in [-0.2, -0.15) is 4.99 Å². The fraction of sp³-hybridized carbons (Fsp3) is 0.379. The van der Waals surface area contributed by atoms with Crippen LogP contribution in [0.5, 0.6) is 0 Å². The Morgan fingerprint density at radius 2 is 1.76 bits per heavy atom. The van der Waals surface area contributed by atoms with Crippen molar-refractivity contribution in [3.05, 3.63) is 58.2 Å². The number of rotatable bonds is 4. The van der Waals surface area contributed by atoms with E-state index in [1.54, 1.807) is 6.33 Å². The molecule has 0 atom stereocenters. The van der Waals surface area contributed by atoms with Crippen LogP contribution in [-0.4, -0.2) is 76.7 Å². The van der Waals surface area contributed by atoms with Gasteiger partial charge in [-0.1, -0.05) is 30.7 Å². The molecule has 3 aliphatic rings. The summed E-state index contributed by atoms with van der Waals surface area (Å²) in [5.41, 5.74) is 4.62. The third-order valence-electron chi connectivity index (χ3n) is 7.57. The third kappa shape index (κ3) is 5.17. The molecule has 6 rings (SSSR count). The number of likely N-dealkylation sites (tertiary alicyclic amines) is 1. The van der Waals surface area contributed by atoms with E-state index in [2.05, 4.69) is 54.8 Å². The van der Waals surface area contributed by atoms with Crippen molar-refractivity contribution in [2.45, 2.75) is 26.2 Å². The lowest BCUT2D eigenvalue weighted by Gasteiger charge is -2.36. The zero-order chi connectivity index (χ0) is 26.1. The molecule has 0 unspecified atom stereocenters. The van der Waals surface area contributed by atoms with Crippen molar-refractivity contribution in [1.82, 2.24) is 19.8 Å². The maximum absolute atomic E-state index is 12.7. The monoisotopic (exact) mass is 546 g/mol. The van der Waals surface area contributed by atoms with Gasteiger partial charge in [-0.3, -0.25) is 4.79 Å². The van der Waals surface area contributed by atoms with Crippen LogP contribution in [-0.2, 0) is 4.79 Å². The Kier molecular flexibility index (Phi) is 7.37. The molecule has 0 spiro atoms. The van der Waals surface area contributed by atoms with Crippen molar-refractivity contribution in [3.8, 4) is 11.3 Å². The van der Waals surface area contributed by atoms with E-state index in [9.17, 15) is 4.79 Å². The quantitative estimate of drug-likeness (QED) is 0.398. The molecule has 7 nitrogen and oxygen atoms in total. The number of thioether (sulfide) groups is 1. The molecule has 9 heteroatoms. The van der Waals surface area contributed by atoms with Gasteiger partial charge in [0.15, 0.2) is 5.17 Å². The number of hydrogen-bond donors (Lipinski definition) is 0. The van der Waals surface area contributed by atoms with Gasteiger partial charge < -0.3 is 14.7 Å². The molecule has 3 aliphatic heterocycles. The Hall–Kier alpha value is -2.94. The average Bonchev–Trinajstić information content (AvgIpc) is 3.33. The average molecular weight is 547 g/mol. The van der Waals surface area contributed by atoms with E-state index >= 15 is 0 Å². The van der Waals surface area contributed by atoms with Crippen molar-refractivity contribution in [2.24, 2.45) is 4.99 Å². The van der Waals surface area contributed by atoms with E-state index < -0.39 is 0 Å². The predicted octanol–water partition coefficient (Wildman–Crippen LogP) is 5.55. The highest BCUT2D eigenvalue weighted by Gasteiger charge is 2.27. The maximum Gasteiger partial charge on any atom is 0.286 e. The summed E-state index contributed by atoms with van der Waals surface area (Å²) >= 11 is 8.28. The van der Waals surface area contributed by atoms with Gasteiger partial charge in [0.05, 0.1) is 26.8 Å². The first-order valence-electron chi connectivity index (χ1n) is 13.4. The Morgan fingerprint density at radius 1 is 0.947 bits per heavy atom. The van der Waals surface area contributed by atoms with Crippen LogP contribution in [0.25, 0.3) is 28.2 Å². The van der Waals surface area contributed by atoms with Crippen LogP contribution >= 0.6 is 23.4 Å². The number of amidine groups is 1. The van der Waals surface area contributed by atoms with Gasteiger partial charge in [-0.15, -0.1) is 0 Å². The fourth-order valence-electron chi connectivity index (χ4n) is 5.38. The zero-order valence-electron chi connectivity index (χ0n) is 21.6. The first-order chi connectivity index (χ1) is 18.6. The van der Waals surface area contributed by atoms with Gasteiger partial charge >= 0.3 is 0 Å². The smallest absolute Gasteiger partial charge is 0.286 e. The van der Waals surface area contributed by atoms with Gasteiger partial charge in [0.25, 0.3) is 5.91 Å². The van der Waals surface area contributed by atoms with E-state index in [0.29, 0.717) is 4.91 Å². The third-order valence-corrected chi connectivity index (χ3v) is 8.92. The van der Waals surface area contributed by atoms with Crippen LogP contribution in [0.3, 0.4) is 0 Å². The van der Waals surface area contributed by atoms with E-state index in [1.807, 2.05) is 24.3 Å². The number of amides is 1. The summed E-state index contributed by atoms with van der Waals surface area (Å²) in [6.45, 7) is 9.28. The number of nitrogens with zero attached hydrogens (tertiary/aromatic N) is 6. The van der Waals surface area contributed by atoms with Crippen LogP contribution in [0.15, 0.2) is 52.6 Å². The lowest BCUT2D eigenvalue weighted by Crippen LogP contribution is -2.46. The second-order valence-electron chi connectivity index (χ2n) is 9.94. The molecular formula is C29H31ClN6OS. The molecule has 4 heterocycles. The van der Waals surface area contributed by atoms with Crippen LogP contribution < -0.4 is 4.90 Å². The zero-order valence-corrected chi connectivity index (χ0v) is 23.1. The van der Waals surface area contributed by atoms with Crippen molar-refractivity contribution in [2.75, 3.05) is 50.7 Å². The summed E-state index contributed by atoms with van der Waals surface area (Å²) in [7, 11) is 0. The van der Waals surface area contributed by atoms with Gasteiger partial charge in [0, 0.05) is 50.2 Å². The topological polar surface area (TPSA) is 64.9 Å². The Bertz CT molecular complexity index is 1430. The van der Waals surface area contributed by atoms with Crippen LogP contribution in [0.2, 0.25) is 5.02 Å². The van der Waals surface area contributed by atoms with Crippen LogP contribution in [0, 0.1) is 0 Å². The number of fused-ring (bicyclic) bond motifs is 1. The van der Waals surface area contributed by atoms with Gasteiger partial charge in [-0.25, -0.2) is 9.97 Å². The van der Waals surface area contributed by atoms with Gasteiger partial charge in [0.2, 0.25) is 0 Å². The molecule has 0 aliphatic carbocycles. The lowest BCUT2D eigenvalue weighted by molar-refractivity contribution is -0.113. The van der Waals surface area contributed by atoms with Crippen LogP contribution in [0.4, 0.5) is 5.69 Å². The number of carbonyl (C=O) groups is 1. The number of piperazine rings is 1. The minimum absolute atomic E-state index is 0.164. The predicted molar refractivity (Wildman–Crippen MR) is 158 cm³/mol.